The molecule has 1 aliphatic heterocycles. The minimum absolute atomic E-state index is 0.0125. The summed E-state index contributed by atoms with van der Waals surface area (Å²) in [6.45, 7) is 5.04. The number of aromatic nitrogens is 2. The highest BCUT2D eigenvalue weighted by molar-refractivity contribution is 5.95. The Labute approximate surface area is 138 Å². The number of nitrogens with zero attached hydrogens (tertiary/aromatic N) is 3. The molecule has 1 N–H and O–H groups in total. The van der Waals surface area contributed by atoms with Crippen LogP contribution in [0.3, 0.4) is 0 Å². The minimum atomic E-state index is -1.13. The van der Waals surface area contributed by atoms with E-state index in [-0.39, 0.29) is 23.3 Å². The van der Waals surface area contributed by atoms with Gasteiger partial charge in [0.2, 0.25) is 0 Å². The first-order valence-corrected chi connectivity index (χ1v) is 7.60. The van der Waals surface area contributed by atoms with Crippen molar-refractivity contribution in [3.8, 4) is 0 Å². The Morgan fingerprint density at radius 3 is 2.71 bits per heavy atom. The molecule has 1 amide bonds. The number of aromatic carboxylic acids is 1. The van der Waals surface area contributed by atoms with E-state index in [1.54, 1.807) is 9.58 Å². The van der Waals surface area contributed by atoms with Gasteiger partial charge in [-0.15, -0.1) is 0 Å². The fourth-order valence-corrected chi connectivity index (χ4v) is 3.06. The Morgan fingerprint density at radius 2 is 2.12 bits per heavy atom. The van der Waals surface area contributed by atoms with Crippen LogP contribution in [0.4, 0.5) is 0 Å². The number of hydrogen-bond acceptors (Lipinski definition) is 5. The van der Waals surface area contributed by atoms with Crippen molar-refractivity contribution >= 4 is 11.9 Å². The second-order valence-corrected chi connectivity index (χ2v) is 5.80. The van der Waals surface area contributed by atoms with E-state index >= 15 is 0 Å². The van der Waals surface area contributed by atoms with E-state index in [2.05, 4.69) is 5.10 Å². The number of morpholine rings is 1. The molecule has 0 saturated carbocycles. The third kappa shape index (κ3) is 2.69. The van der Waals surface area contributed by atoms with Crippen LogP contribution >= 0.6 is 0 Å². The van der Waals surface area contributed by atoms with Gasteiger partial charge in [-0.1, -0.05) is 0 Å². The maximum Gasteiger partial charge on any atom is 0.338 e. The van der Waals surface area contributed by atoms with Crippen molar-refractivity contribution in [2.45, 2.75) is 19.9 Å². The van der Waals surface area contributed by atoms with Crippen molar-refractivity contribution in [1.82, 2.24) is 14.7 Å². The monoisotopic (exact) mass is 333 g/mol. The largest absolute Gasteiger partial charge is 0.478 e. The van der Waals surface area contributed by atoms with Gasteiger partial charge in [-0.3, -0.25) is 9.48 Å². The van der Waals surface area contributed by atoms with Gasteiger partial charge in [0.1, 0.15) is 6.26 Å². The molecule has 128 valence electrons. The molecule has 24 heavy (non-hydrogen) atoms. The van der Waals surface area contributed by atoms with Gasteiger partial charge >= 0.3 is 5.97 Å². The summed E-state index contributed by atoms with van der Waals surface area (Å²) >= 11 is 0. The standard InChI is InChI=1S/C16H19N3O5/c1-9-14(10(2)18(3)17-9)12-8-23-5-4-19(12)15(20)13-6-11(7-24-13)16(21)22/h6-7,12H,4-5,8H2,1-3H3,(H,21,22)/t12-/m0/s1. The van der Waals surface area contributed by atoms with Crippen molar-refractivity contribution < 1.29 is 23.8 Å². The lowest BCUT2D eigenvalue weighted by atomic mass is 10.0. The van der Waals surface area contributed by atoms with Crippen LogP contribution in [0.15, 0.2) is 16.7 Å². The fraction of sp³-hybridized carbons (Fsp3) is 0.438. The second-order valence-electron chi connectivity index (χ2n) is 5.80. The lowest BCUT2D eigenvalue weighted by Gasteiger charge is -2.35. The molecule has 0 spiro atoms. The van der Waals surface area contributed by atoms with Crippen molar-refractivity contribution in [3.05, 3.63) is 40.6 Å². The van der Waals surface area contributed by atoms with Crippen LogP contribution in [0, 0.1) is 13.8 Å². The van der Waals surface area contributed by atoms with Crippen LogP contribution in [0.25, 0.3) is 0 Å². The molecular weight excluding hydrogens is 314 g/mol. The molecule has 0 radical (unpaired) electrons. The zero-order valence-electron chi connectivity index (χ0n) is 13.8. The number of ether oxygens (including phenoxy) is 1. The lowest BCUT2D eigenvalue weighted by molar-refractivity contribution is -0.00460. The molecule has 8 heteroatoms. The molecule has 0 aromatic carbocycles. The van der Waals surface area contributed by atoms with E-state index in [0.717, 1.165) is 23.2 Å². The average Bonchev–Trinajstić information content (AvgIpc) is 3.13. The van der Waals surface area contributed by atoms with E-state index in [0.29, 0.717) is 19.8 Å². The third-order valence-corrected chi connectivity index (χ3v) is 4.34. The van der Waals surface area contributed by atoms with Crippen LogP contribution in [0.1, 0.15) is 43.9 Å². The van der Waals surface area contributed by atoms with Gasteiger partial charge in [0, 0.05) is 30.9 Å². The third-order valence-electron chi connectivity index (χ3n) is 4.34. The second kappa shape index (κ2) is 6.12. The number of carbonyl (C=O) groups is 2. The number of aryl methyl sites for hydroxylation is 2. The summed E-state index contributed by atoms with van der Waals surface area (Å²) in [7, 11) is 1.85. The topological polar surface area (TPSA) is 97.8 Å². The summed E-state index contributed by atoms with van der Waals surface area (Å²) in [5, 5.41) is 13.4. The van der Waals surface area contributed by atoms with Gasteiger partial charge in [0.25, 0.3) is 5.91 Å². The zero-order chi connectivity index (χ0) is 17.4. The number of rotatable bonds is 3. The first-order valence-electron chi connectivity index (χ1n) is 7.60. The highest BCUT2D eigenvalue weighted by Crippen LogP contribution is 2.30. The van der Waals surface area contributed by atoms with Crippen molar-refractivity contribution in [1.29, 1.82) is 0 Å². The van der Waals surface area contributed by atoms with E-state index in [9.17, 15) is 9.59 Å². The number of carboxylic acid groups (broad SMARTS) is 1. The van der Waals surface area contributed by atoms with Crippen LogP contribution in [0.2, 0.25) is 0 Å². The Morgan fingerprint density at radius 1 is 1.38 bits per heavy atom. The fourth-order valence-electron chi connectivity index (χ4n) is 3.06. The summed E-state index contributed by atoms with van der Waals surface area (Å²) < 4.78 is 12.5. The average molecular weight is 333 g/mol. The van der Waals surface area contributed by atoms with Gasteiger partial charge < -0.3 is 19.2 Å². The number of carbonyl (C=O) groups excluding carboxylic acids is 1. The van der Waals surface area contributed by atoms with E-state index in [1.165, 1.54) is 6.07 Å². The van der Waals surface area contributed by atoms with Crippen molar-refractivity contribution in [2.75, 3.05) is 19.8 Å². The van der Waals surface area contributed by atoms with Gasteiger partial charge in [-0.2, -0.15) is 5.10 Å². The predicted octanol–water partition coefficient (Wildman–Crippen LogP) is 1.54. The molecule has 2 aromatic rings. The Bertz CT molecular complexity index is 792. The molecule has 0 aliphatic carbocycles. The molecule has 0 unspecified atom stereocenters. The summed E-state index contributed by atoms with van der Waals surface area (Å²) in [5.74, 6) is -1.47. The highest BCUT2D eigenvalue weighted by Gasteiger charge is 2.34. The van der Waals surface area contributed by atoms with Crippen LogP contribution < -0.4 is 0 Å². The summed E-state index contributed by atoms with van der Waals surface area (Å²) in [4.78, 5) is 25.4. The quantitative estimate of drug-likeness (QED) is 0.915. The van der Waals surface area contributed by atoms with Gasteiger partial charge in [-0.05, 0) is 13.8 Å². The normalized spacial score (nSPS) is 18.0. The van der Waals surface area contributed by atoms with E-state index in [1.807, 2.05) is 20.9 Å². The molecule has 1 aliphatic rings. The van der Waals surface area contributed by atoms with Gasteiger partial charge in [0.05, 0.1) is 30.5 Å². The molecule has 1 fully saturated rings. The molecule has 3 heterocycles. The zero-order valence-corrected chi connectivity index (χ0v) is 13.8. The maximum atomic E-state index is 12.8. The van der Waals surface area contributed by atoms with Crippen LogP contribution in [0.5, 0.6) is 0 Å². The molecule has 8 nitrogen and oxygen atoms in total. The number of carboxylic acids is 1. The number of hydrogen-bond donors (Lipinski definition) is 1. The Balaban J connectivity index is 1.94. The smallest absolute Gasteiger partial charge is 0.338 e. The predicted molar refractivity (Wildman–Crippen MR) is 82.9 cm³/mol. The molecule has 0 bridgehead atoms. The molecular formula is C16H19N3O5. The van der Waals surface area contributed by atoms with E-state index in [4.69, 9.17) is 14.3 Å². The lowest BCUT2D eigenvalue weighted by Crippen LogP contribution is -2.43. The molecule has 2 aromatic heterocycles. The molecule has 3 rings (SSSR count). The van der Waals surface area contributed by atoms with Crippen LogP contribution in [-0.2, 0) is 11.8 Å². The minimum Gasteiger partial charge on any atom is -0.478 e. The Kier molecular flexibility index (Phi) is 4.15. The van der Waals surface area contributed by atoms with E-state index < -0.39 is 5.97 Å². The van der Waals surface area contributed by atoms with Crippen molar-refractivity contribution in [2.24, 2.45) is 7.05 Å². The van der Waals surface area contributed by atoms with Crippen molar-refractivity contribution in [3.63, 3.8) is 0 Å². The molecule has 1 atom stereocenters. The number of amides is 1. The number of furan rings is 1. The Hall–Kier alpha value is -2.61. The van der Waals surface area contributed by atoms with Gasteiger partial charge in [-0.25, -0.2) is 4.79 Å². The highest BCUT2D eigenvalue weighted by atomic mass is 16.5. The van der Waals surface area contributed by atoms with Gasteiger partial charge in [0.15, 0.2) is 5.76 Å². The summed E-state index contributed by atoms with van der Waals surface area (Å²) in [5.41, 5.74) is 2.72. The first kappa shape index (κ1) is 16.3. The summed E-state index contributed by atoms with van der Waals surface area (Å²) in [6, 6.07) is 0.971. The maximum absolute atomic E-state index is 12.8. The van der Waals surface area contributed by atoms with Crippen LogP contribution in [-0.4, -0.2) is 51.4 Å². The SMILES string of the molecule is Cc1nn(C)c(C)c1[C@@H]1COCCN1C(=O)c1cc(C(=O)O)co1. The molecule has 1 saturated heterocycles. The summed E-state index contributed by atoms with van der Waals surface area (Å²) in [6.07, 6.45) is 1.07. The first-order chi connectivity index (χ1) is 11.4.